The van der Waals surface area contributed by atoms with Crippen molar-refractivity contribution in [2.24, 2.45) is 0 Å². The average molecular weight is 713 g/mol. The van der Waals surface area contributed by atoms with Crippen molar-refractivity contribution in [1.82, 2.24) is 0 Å². The van der Waals surface area contributed by atoms with Gasteiger partial charge in [0.2, 0.25) is 0 Å². The van der Waals surface area contributed by atoms with E-state index in [1.807, 2.05) is 0 Å². The minimum absolute atomic E-state index is 0. The Bertz CT molecular complexity index is 966. The van der Waals surface area contributed by atoms with E-state index in [-0.39, 0.29) is 27.6 Å². The molecule has 48 heavy (non-hydrogen) atoms. The summed E-state index contributed by atoms with van der Waals surface area (Å²) in [6.45, 7) is 4.66. The minimum atomic E-state index is -0.149. The highest BCUT2D eigenvalue weighted by Crippen LogP contribution is 2.10. The summed E-state index contributed by atoms with van der Waals surface area (Å²) in [5.74, 6) is 25.5. The van der Waals surface area contributed by atoms with E-state index in [2.05, 4.69) is 84.9 Å². The van der Waals surface area contributed by atoms with Gasteiger partial charge in [0.25, 0.3) is 0 Å². The lowest BCUT2D eigenvalue weighted by atomic mass is 10.1. The number of ether oxygens (including phenoxy) is 1. The monoisotopic (exact) mass is 713 g/mol. The van der Waals surface area contributed by atoms with Crippen LogP contribution in [0.4, 0.5) is 0 Å². The molecule has 0 heterocycles. The van der Waals surface area contributed by atoms with Gasteiger partial charge in [-0.15, -0.1) is 35.5 Å². The van der Waals surface area contributed by atoms with E-state index in [1.54, 1.807) is 0 Å². The standard InChI is InChI=1S/C21H35O3P.C20H35O2P.2H2/c1-3-4-17-20(24-25)18-15-13-11-9-7-5-6-8-10-12-14-16-19-21(22)23-2;1-2-3-17-20(22-23)18-15-13-11-9-7-5-4-6-8-10-12-14-16-19-21;;/h20H,3-9,11,13-14,16-17,19,25H2,1-2H3;20-21H,2-7,9,11-14,16-17,19,23H2,1H3;2*1H/i;;2*1+2. The van der Waals surface area contributed by atoms with Crippen LogP contribution in [0.3, 0.4) is 0 Å². The molecule has 0 bridgehead atoms. The first kappa shape index (κ1) is 48.6. The van der Waals surface area contributed by atoms with Crippen LogP contribution in [0.25, 0.3) is 0 Å². The maximum atomic E-state index is 10.9. The van der Waals surface area contributed by atoms with Crippen LogP contribution in [-0.4, -0.2) is 37.0 Å². The van der Waals surface area contributed by atoms with E-state index >= 15 is 0 Å². The molecule has 278 valence electrons. The molecule has 0 spiro atoms. The van der Waals surface area contributed by atoms with Gasteiger partial charge in [-0.1, -0.05) is 89.9 Å². The largest absolute Gasteiger partial charge is 0.469 e. The molecule has 0 aliphatic carbocycles. The maximum absolute atomic E-state index is 10.9. The molecule has 7 heteroatoms. The molecule has 0 aromatic heterocycles. The minimum Gasteiger partial charge on any atom is -0.469 e. The Kier molecular flexibility index (Phi) is 44.0. The van der Waals surface area contributed by atoms with Crippen LogP contribution < -0.4 is 0 Å². The first-order valence-electron chi connectivity index (χ1n) is 18.9. The molecule has 1 N–H and O–H groups in total. The van der Waals surface area contributed by atoms with E-state index in [4.69, 9.17) is 14.2 Å². The summed E-state index contributed by atoms with van der Waals surface area (Å²) in [5.41, 5.74) is 0. The Balaban J connectivity index is -0.000000408. The molecule has 0 radical (unpaired) electrons. The van der Waals surface area contributed by atoms with Gasteiger partial charge in [-0.3, -0.25) is 4.79 Å². The zero-order chi connectivity index (χ0) is 35.6. The van der Waals surface area contributed by atoms with Crippen molar-refractivity contribution >= 4 is 24.9 Å². The SMILES string of the molecule is CCCCC(C#CCCCCCCCC#CCCCC(=O)OC)OP.CCCCC(C#CCCCCCCCC#CCCCCO)OP.[3HH].[3HH]. The number of hydrogen-bond donors (Lipinski definition) is 1. The summed E-state index contributed by atoms with van der Waals surface area (Å²) in [6, 6.07) is 0. The van der Waals surface area contributed by atoms with Crippen molar-refractivity contribution in [2.75, 3.05) is 13.7 Å². The van der Waals surface area contributed by atoms with Gasteiger partial charge in [-0.2, -0.15) is 0 Å². The molecular formula is C41H74O5P2. The van der Waals surface area contributed by atoms with E-state index in [0.717, 1.165) is 77.0 Å². The van der Waals surface area contributed by atoms with Gasteiger partial charge in [0.15, 0.2) is 0 Å². The molecule has 0 saturated heterocycles. The van der Waals surface area contributed by atoms with Crippen LogP contribution in [0.5, 0.6) is 0 Å². The van der Waals surface area contributed by atoms with Gasteiger partial charge >= 0.3 is 5.97 Å². The highest BCUT2D eigenvalue weighted by molar-refractivity contribution is 7.10. The zero-order valence-corrected chi connectivity index (χ0v) is 33.3. The molecule has 4 atom stereocenters. The third kappa shape index (κ3) is 40.6. The second kappa shape index (κ2) is 43.5. The summed E-state index contributed by atoms with van der Waals surface area (Å²) < 4.78 is 15.2. The quantitative estimate of drug-likeness (QED) is 0.0419. The number of carbonyl (C=O) groups is 1. The topological polar surface area (TPSA) is 65.0 Å². The zero-order valence-electron chi connectivity index (χ0n) is 31.0. The Labute approximate surface area is 304 Å². The molecule has 0 aliphatic heterocycles. The normalized spacial score (nSPS) is 11.1. The first-order chi connectivity index (χ1) is 23.6. The first-order valence-corrected chi connectivity index (χ1v) is 19.8. The van der Waals surface area contributed by atoms with E-state index in [9.17, 15) is 4.79 Å². The number of aliphatic hydroxyl groups is 1. The molecule has 0 saturated carbocycles. The van der Waals surface area contributed by atoms with Crippen LogP contribution in [-0.2, 0) is 18.6 Å². The number of aliphatic hydroxyl groups excluding tert-OH is 1. The third-order valence-corrected chi connectivity index (χ3v) is 8.23. The number of rotatable bonds is 26. The molecule has 0 amide bonds. The summed E-state index contributed by atoms with van der Waals surface area (Å²) in [6.07, 6.45) is 28.0. The van der Waals surface area contributed by atoms with Gasteiger partial charge < -0.3 is 18.9 Å². The van der Waals surface area contributed by atoms with Crippen molar-refractivity contribution in [3.8, 4) is 47.4 Å². The number of methoxy groups -OCH3 is 1. The number of hydrogen-bond acceptors (Lipinski definition) is 5. The average Bonchev–Trinajstić information content (AvgIpc) is 3.11. The van der Waals surface area contributed by atoms with E-state index in [1.165, 1.54) is 90.6 Å². The predicted molar refractivity (Wildman–Crippen MR) is 215 cm³/mol. The van der Waals surface area contributed by atoms with Crippen LogP contribution in [0.2, 0.25) is 0 Å². The fraction of sp³-hybridized carbons (Fsp3) is 0.780. The Hall–Kier alpha value is -1.55. The molecule has 0 aromatic rings. The van der Waals surface area contributed by atoms with Gasteiger partial charge in [0.1, 0.15) is 12.2 Å². The second-order valence-corrected chi connectivity index (χ2v) is 12.6. The van der Waals surface area contributed by atoms with Gasteiger partial charge in [0.05, 0.1) is 7.11 Å². The van der Waals surface area contributed by atoms with Crippen molar-refractivity contribution < 1.29 is 26.5 Å². The van der Waals surface area contributed by atoms with Crippen LogP contribution in [0.15, 0.2) is 0 Å². The Morgan fingerprint density at radius 3 is 1.27 bits per heavy atom. The molecular weight excluding hydrogens is 634 g/mol. The van der Waals surface area contributed by atoms with Crippen molar-refractivity contribution in [2.45, 2.75) is 193 Å². The van der Waals surface area contributed by atoms with Crippen LogP contribution >= 0.6 is 18.9 Å². The molecule has 0 aromatic carbocycles. The third-order valence-electron chi connectivity index (χ3n) is 7.57. The van der Waals surface area contributed by atoms with Crippen molar-refractivity contribution in [3.05, 3.63) is 0 Å². The lowest BCUT2D eigenvalue weighted by Crippen LogP contribution is -2.03. The van der Waals surface area contributed by atoms with Crippen molar-refractivity contribution in [3.63, 3.8) is 0 Å². The van der Waals surface area contributed by atoms with Crippen LogP contribution in [0, 0.1) is 47.4 Å². The second-order valence-electron chi connectivity index (χ2n) is 12.0. The lowest BCUT2D eigenvalue weighted by Gasteiger charge is -2.06. The highest BCUT2D eigenvalue weighted by atomic mass is 31.0. The summed E-state index contributed by atoms with van der Waals surface area (Å²) in [7, 11) is 6.09. The Morgan fingerprint density at radius 2 is 0.917 bits per heavy atom. The molecule has 4 unspecified atom stereocenters. The molecule has 0 aliphatic rings. The number of carbonyl (C=O) groups excluding carboxylic acids is 1. The Morgan fingerprint density at radius 1 is 0.562 bits per heavy atom. The summed E-state index contributed by atoms with van der Waals surface area (Å²) in [4.78, 5) is 10.9. The molecule has 0 fully saturated rings. The smallest absolute Gasteiger partial charge is 0.305 e. The van der Waals surface area contributed by atoms with Gasteiger partial charge in [-0.25, -0.2) is 0 Å². The maximum Gasteiger partial charge on any atom is 0.305 e. The summed E-state index contributed by atoms with van der Waals surface area (Å²) in [5, 5.41) is 8.65. The fourth-order valence-corrected chi connectivity index (χ4v) is 4.92. The van der Waals surface area contributed by atoms with Gasteiger partial charge in [-0.05, 0) is 57.8 Å². The van der Waals surface area contributed by atoms with E-state index in [0.29, 0.717) is 6.42 Å². The predicted octanol–water partition coefficient (Wildman–Crippen LogP) is 11.2. The lowest BCUT2D eigenvalue weighted by molar-refractivity contribution is -0.140. The number of esters is 1. The highest BCUT2D eigenvalue weighted by Gasteiger charge is 2.02. The molecule has 5 nitrogen and oxygen atoms in total. The molecule has 0 rings (SSSR count). The van der Waals surface area contributed by atoms with Crippen LogP contribution in [0.1, 0.15) is 184 Å². The summed E-state index contributed by atoms with van der Waals surface area (Å²) >= 11 is 0. The van der Waals surface area contributed by atoms with Gasteiger partial charge in [0, 0.05) is 73.3 Å². The fourth-order valence-electron chi connectivity index (χ4n) is 4.52. The number of unbranched alkanes of at least 4 members (excludes halogenated alkanes) is 17. The van der Waals surface area contributed by atoms with E-state index < -0.39 is 0 Å². The van der Waals surface area contributed by atoms with Crippen molar-refractivity contribution in [1.29, 1.82) is 0 Å².